The van der Waals surface area contributed by atoms with Gasteiger partial charge in [0, 0.05) is 17.0 Å². The van der Waals surface area contributed by atoms with Crippen LogP contribution in [0.25, 0.3) is 0 Å². The molecule has 1 saturated heterocycles. The van der Waals surface area contributed by atoms with Crippen LogP contribution in [-0.2, 0) is 9.59 Å². The number of hydrogen-bond donors (Lipinski definition) is 3. The summed E-state index contributed by atoms with van der Waals surface area (Å²) in [6, 6.07) is 6.65. The van der Waals surface area contributed by atoms with Gasteiger partial charge in [-0.2, -0.15) is 0 Å². The zero-order valence-corrected chi connectivity index (χ0v) is 18.4. The maximum atomic E-state index is 13.2. The fraction of sp³-hybridized carbons (Fsp3) is 0.636. The quantitative estimate of drug-likeness (QED) is 0.581. The van der Waals surface area contributed by atoms with Crippen LogP contribution in [-0.4, -0.2) is 61.5 Å². The number of hydrogen-bond acceptors (Lipinski definition) is 2. The summed E-state index contributed by atoms with van der Waals surface area (Å²) in [6.07, 6.45) is 0. The predicted octanol–water partition coefficient (Wildman–Crippen LogP) is -0.272. The molecule has 1 fully saturated rings. The highest BCUT2D eigenvalue weighted by Crippen LogP contribution is 2.17. The first-order chi connectivity index (χ1) is 13.5. The number of nitrogens with one attached hydrogen (secondary N) is 2. The van der Waals surface area contributed by atoms with Crippen molar-refractivity contribution in [2.24, 2.45) is 5.92 Å². The Morgan fingerprint density at radius 1 is 1.17 bits per heavy atom. The van der Waals surface area contributed by atoms with Crippen molar-refractivity contribution in [1.82, 2.24) is 10.2 Å². The monoisotopic (exact) mass is 408 g/mol. The number of amides is 2. The van der Waals surface area contributed by atoms with Gasteiger partial charge in [-0.15, -0.1) is 0 Å². The molecule has 0 aliphatic carbocycles. The van der Waals surface area contributed by atoms with Crippen LogP contribution in [0.4, 0.5) is 4.39 Å². The second-order valence-electron chi connectivity index (χ2n) is 9.37. The normalized spacial score (nSPS) is 16.7. The first kappa shape index (κ1) is 23.3. The molecule has 0 spiro atoms. The molecule has 29 heavy (non-hydrogen) atoms. The van der Waals surface area contributed by atoms with E-state index in [1.807, 2.05) is 25.7 Å². The number of benzene rings is 1. The predicted molar refractivity (Wildman–Crippen MR) is 111 cm³/mol. The lowest BCUT2D eigenvalue weighted by molar-refractivity contribution is -0.896. The fourth-order valence-electron chi connectivity index (χ4n) is 3.77. The van der Waals surface area contributed by atoms with Gasteiger partial charge in [0.05, 0.1) is 26.2 Å². The Hall–Kier alpha value is -1.99. The minimum atomic E-state index is -0.246. The molecule has 0 radical (unpaired) electrons. The molecule has 7 heteroatoms. The van der Waals surface area contributed by atoms with Crippen LogP contribution >= 0.6 is 0 Å². The average Bonchev–Trinajstić information content (AvgIpc) is 2.62. The Bertz CT molecular complexity index is 677. The molecule has 1 aliphatic rings. The summed E-state index contributed by atoms with van der Waals surface area (Å²) < 4.78 is 13.2. The van der Waals surface area contributed by atoms with Crippen LogP contribution in [0.15, 0.2) is 24.3 Å². The Morgan fingerprint density at radius 3 is 2.28 bits per heavy atom. The Balaban J connectivity index is 1.80. The maximum absolute atomic E-state index is 13.2. The highest BCUT2D eigenvalue weighted by molar-refractivity contribution is 5.78. The van der Waals surface area contributed by atoms with E-state index in [0.29, 0.717) is 32.1 Å². The Kier molecular flexibility index (Phi) is 8.16. The number of quaternary nitrogens is 2. The van der Waals surface area contributed by atoms with Crippen molar-refractivity contribution in [1.29, 1.82) is 0 Å². The highest BCUT2D eigenvalue weighted by Gasteiger charge is 2.28. The topological polar surface area (TPSA) is 70.5 Å². The molecule has 0 unspecified atom stereocenters. The van der Waals surface area contributed by atoms with E-state index in [2.05, 4.69) is 24.5 Å². The van der Waals surface area contributed by atoms with Crippen molar-refractivity contribution in [2.45, 2.75) is 46.2 Å². The summed E-state index contributed by atoms with van der Waals surface area (Å²) in [5, 5.41) is 5.05. The zero-order chi connectivity index (χ0) is 21.6. The van der Waals surface area contributed by atoms with Gasteiger partial charge in [-0.05, 0) is 32.9 Å². The number of halogens is 1. The van der Waals surface area contributed by atoms with Crippen molar-refractivity contribution < 1.29 is 24.2 Å². The molecule has 6 nitrogen and oxygen atoms in total. The molecule has 0 bridgehead atoms. The second kappa shape index (κ2) is 10.2. The van der Waals surface area contributed by atoms with Crippen molar-refractivity contribution in [3.63, 3.8) is 0 Å². The minimum absolute atomic E-state index is 0.0553. The van der Waals surface area contributed by atoms with Crippen molar-refractivity contribution in [2.75, 3.05) is 39.3 Å². The van der Waals surface area contributed by atoms with Gasteiger partial charge in [0.2, 0.25) is 0 Å². The van der Waals surface area contributed by atoms with Crippen LogP contribution in [0.5, 0.6) is 0 Å². The minimum Gasteiger partial charge on any atom is -0.347 e. The number of piperazine rings is 1. The molecule has 1 aliphatic heterocycles. The van der Waals surface area contributed by atoms with Crippen LogP contribution in [0.2, 0.25) is 0 Å². The number of rotatable bonds is 7. The van der Waals surface area contributed by atoms with Gasteiger partial charge in [-0.1, -0.05) is 26.0 Å². The molecular formula is C22H37FN4O2+2. The van der Waals surface area contributed by atoms with E-state index < -0.39 is 0 Å². The Labute approximate surface area is 173 Å². The van der Waals surface area contributed by atoms with E-state index in [0.717, 1.165) is 18.7 Å². The zero-order valence-electron chi connectivity index (χ0n) is 18.4. The molecule has 162 valence electrons. The van der Waals surface area contributed by atoms with Gasteiger partial charge >= 0.3 is 0 Å². The third-order valence-corrected chi connectivity index (χ3v) is 5.27. The maximum Gasteiger partial charge on any atom is 0.278 e. The standard InChI is InChI=1S/C22H35FN4O2/c1-16(2)21(17-6-8-18(23)9-7-17)24-14-20(29)27-12-10-26(11-13-27)15-19(28)25-22(3,4)5/h6-9,16,21,24H,10-15H2,1-5H3,(H,25,28)/p+2/t21-/m1/s1. The summed E-state index contributed by atoms with van der Waals surface area (Å²) >= 11 is 0. The molecule has 1 atom stereocenters. The van der Waals surface area contributed by atoms with Crippen LogP contribution in [0.3, 0.4) is 0 Å². The lowest BCUT2D eigenvalue weighted by atomic mass is 9.96. The van der Waals surface area contributed by atoms with Gasteiger partial charge in [-0.3, -0.25) is 9.59 Å². The largest absolute Gasteiger partial charge is 0.347 e. The lowest BCUT2D eigenvalue weighted by Gasteiger charge is -2.32. The highest BCUT2D eigenvalue weighted by atomic mass is 19.1. The van der Waals surface area contributed by atoms with Gasteiger partial charge in [0.15, 0.2) is 13.1 Å². The van der Waals surface area contributed by atoms with Gasteiger partial charge < -0.3 is 20.4 Å². The molecule has 1 aromatic carbocycles. The number of carbonyl (C=O) groups excluding carboxylic acids is 2. The summed E-state index contributed by atoms with van der Waals surface area (Å²) in [6.45, 7) is 13.9. The summed E-state index contributed by atoms with van der Waals surface area (Å²) in [5.74, 6) is 0.260. The molecule has 0 saturated carbocycles. The molecule has 1 aromatic rings. The van der Waals surface area contributed by atoms with Gasteiger partial charge in [-0.25, -0.2) is 4.39 Å². The van der Waals surface area contributed by atoms with Crippen molar-refractivity contribution >= 4 is 11.8 Å². The fourth-order valence-corrected chi connectivity index (χ4v) is 3.77. The summed E-state index contributed by atoms with van der Waals surface area (Å²) in [4.78, 5) is 27.9. The summed E-state index contributed by atoms with van der Waals surface area (Å²) in [5.41, 5.74) is 0.815. The molecule has 0 aromatic heterocycles. The average molecular weight is 409 g/mol. The van der Waals surface area contributed by atoms with E-state index in [-0.39, 0.29) is 29.2 Å². The molecular weight excluding hydrogens is 371 g/mol. The van der Waals surface area contributed by atoms with Crippen LogP contribution in [0.1, 0.15) is 46.2 Å². The number of nitrogens with two attached hydrogens (primary N) is 1. The van der Waals surface area contributed by atoms with Crippen LogP contribution in [0, 0.1) is 11.7 Å². The van der Waals surface area contributed by atoms with Gasteiger partial charge in [0.25, 0.3) is 11.8 Å². The first-order valence-electron chi connectivity index (χ1n) is 10.6. The van der Waals surface area contributed by atoms with Crippen molar-refractivity contribution in [3.05, 3.63) is 35.6 Å². The first-order valence-corrected chi connectivity index (χ1v) is 10.6. The molecule has 1 heterocycles. The summed E-state index contributed by atoms with van der Waals surface area (Å²) in [7, 11) is 0. The van der Waals surface area contributed by atoms with E-state index >= 15 is 0 Å². The van der Waals surface area contributed by atoms with E-state index in [1.165, 1.54) is 17.0 Å². The number of nitrogens with zero attached hydrogens (tertiary/aromatic N) is 1. The SMILES string of the molecule is CC(C)[C@@H]([NH2+]CC(=O)N1CC[NH+](CC(=O)NC(C)(C)C)CC1)c1ccc(F)cc1. The van der Waals surface area contributed by atoms with E-state index in [9.17, 15) is 14.0 Å². The number of carbonyl (C=O) groups is 2. The third-order valence-electron chi connectivity index (χ3n) is 5.27. The van der Waals surface area contributed by atoms with E-state index in [4.69, 9.17) is 0 Å². The Morgan fingerprint density at radius 2 is 1.76 bits per heavy atom. The van der Waals surface area contributed by atoms with E-state index in [1.54, 1.807) is 12.1 Å². The molecule has 2 amide bonds. The van der Waals surface area contributed by atoms with Gasteiger partial charge in [0.1, 0.15) is 11.9 Å². The second-order valence-corrected chi connectivity index (χ2v) is 9.37. The van der Waals surface area contributed by atoms with Crippen LogP contribution < -0.4 is 15.5 Å². The molecule has 2 rings (SSSR count). The smallest absolute Gasteiger partial charge is 0.278 e. The lowest BCUT2D eigenvalue weighted by Crippen LogP contribution is -3.16. The molecule has 4 N–H and O–H groups in total. The third kappa shape index (κ3) is 7.74. The van der Waals surface area contributed by atoms with Crippen molar-refractivity contribution in [3.8, 4) is 0 Å².